The molecule has 2 heteroatoms. The number of ketones is 1. The van der Waals surface area contributed by atoms with Gasteiger partial charge in [-0.2, -0.15) is 0 Å². The Morgan fingerprint density at radius 2 is 2.13 bits per heavy atom. The Kier molecular flexibility index (Phi) is 2.22. The topological polar surface area (TPSA) is 30.0 Å². The fourth-order valence-electron chi connectivity index (χ4n) is 1.80. The molecule has 0 radical (unpaired) electrons. The first-order valence-corrected chi connectivity index (χ1v) is 5.17. The molecule has 0 fully saturated rings. The third-order valence-electron chi connectivity index (χ3n) is 2.62. The maximum Gasteiger partial charge on any atom is 0.164 e. The summed E-state index contributed by atoms with van der Waals surface area (Å²) in [4.78, 5) is 16.1. The van der Waals surface area contributed by atoms with Gasteiger partial charge < -0.3 is 0 Å². The van der Waals surface area contributed by atoms with Crippen molar-refractivity contribution >= 4 is 11.9 Å². The number of carbonyl (C=O) groups is 1. The van der Waals surface area contributed by atoms with Crippen molar-refractivity contribution in [1.82, 2.24) is 4.98 Å². The number of fused-ring (bicyclic) bond motifs is 1. The quantitative estimate of drug-likeness (QED) is 0.699. The second-order valence-electron chi connectivity index (χ2n) is 5.00. The molecule has 15 heavy (non-hydrogen) atoms. The minimum Gasteiger partial charge on any atom is -0.294 e. The predicted octanol–water partition coefficient (Wildman–Crippen LogP) is 2.64. The Labute approximate surface area is 90.0 Å². The van der Waals surface area contributed by atoms with Crippen LogP contribution in [-0.4, -0.2) is 10.8 Å². The normalized spacial score (nSPS) is 14.7. The van der Waals surface area contributed by atoms with Crippen LogP contribution < -0.4 is 0 Å². The highest BCUT2D eigenvalue weighted by Gasteiger charge is 2.27. The average Bonchev–Trinajstić information content (AvgIpc) is 2.58. The van der Waals surface area contributed by atoms with E-state index in [9.17, 15) is 4.79 Å². The van der Waals surface area contributed by atoms with Crippen LogP contribution in [0.3, 0.4) is 0 Å². The summed E-state index contributed by atoms with van der Waals surface area (Å²) in [5.41, 5.74) is 2.91. The molecule has 0 saturated carbocycles. The van der Waals surface area contributed by atoms with Crippen LogP contribution in [0, 0.1) is 5.41 Å². The molecular formula is C13H15NO. The maximum absolute atomic E-state index is 12.0. The zero-order chi connectivity index (χ0) is 11.1. The smallest absolute Gasteiger partial charge is 0.164 e. The molecule has 1 heterocycles. The van der Waals surface area contributed by atoms with Crippen LogP contribution in [-0.2, 0) is 11.2 Å². The molecule has 0 spiro atoms. The standard InChI is InChI=1S/C13H15NO/c1-13(2,3)12(15)10-6-9-4-5-14-8-11(9)7-10/h4-6,8H,7H2,1-3H3. The van der Waals surface area contributed by atoms with Gasteiger partial charge in [-0.25, -0.2) is 0 Å². The van der Waals surface area contributed by atoms with Crippen LogP contribution in [0.4, 0.5) is 0 Å². The van der Waals surface area contributed by atoms with Gasteiger partial charge in [0.2, 0.25) is 0 Å². The predicted molar refractivity (Wildman–Crippen MR) is 60.4 cm³/mol. The van der Waals surface area contributed by atoms with Gasteiger partial charge in [0.1, 0.15) is 0 Å². The molecule has 0 saturated heterocycles. The Bertz CT molecular complexity index is 438. The van der Waals surface area contributed by atoms with Crippen molar-refractivity contribution in [3.63, 3.8) is 0 Å². The first kappa shape index (κ1) is 10.1. The third-order valence-corrected chi connectivity index (χ3v) is 2.62. The average molecular weight is 201 g/mol. The van der Waals surface area contributed by atoms with Gasteiger partial charge in [-0.15, -0.1) is 0 Å². The van der Waals surface area contributed by atoms with Gasteiger partial charge in [0.25, 0.3) is 0 Å². The summed E-state index contributed by atoms with van der Waals surface area (Å²) in [6, 6.07) is 1.96. The van der Waals surface area contributed by atoms with E-state index < -0.39 is 0 Å². The largest absolute Gasteiger partial charge is 0.294 e. The van der Waals surface area contributed by atoms with Gasteiger partial charge in [0.15, 0.2) is 5.78 Å². The Hall–Kier alpha value is -1.44. The molecule has 0 amide bonds. The molecule has 1 aliphatic carbocycles. The number of hydrogen-bond acceptors (Lipinski definition) is 2. The van der Waals surface area contributed by atoms with E-state index in [-0.39, 0.29) is 11.2 Å². The highest BCUT2D eigenvalue weighted by molar-refractivity contribution is 6.04. The lowest BCUT2D eigenvalue weighted by Crippen LogP contribution is -2.21. The van der Waals surface area contributed by atoms with Crippen molar-refractivity contribution in [3.05, 3.63) is 35.2 Å². The van der Waals surface area contributed by atoms with Gasteiger partial charge in [0.05, 0.1) is 0 Å². The zero-order valence-electron chi connectivity index (χ0n) is 9.37. The van der Waals surface area contributed by atoms with E-state index in [0.29, 0.717) is 0 Å². The molecule has 0 aliphatic heterocycles. The molecule has 0 unspecified atom stereocenters. The first-order valence-electron chi connectivity index (χ1n) is 5.17. The molecule has 1 aromatic rings. The van der Waals surface area contributed by atoms with Gasteiger partial charge >= 0.3 is 0 Å². The number of allylic oxidation sites excluding steroid dienone is 1. The maximum atomic E-state index is 12.0. The zero-order valence-corrected chi connectivity index (χ0v) is 9.37. The SMILES string of the molecule is CC(C)(C)C(=O)C1=Cc2ccncc2C1. The Morgan fingerprint density at radius 1 is 1.40 bits per heavy atom. The minimum atomic E-state index is -0.290. The van der Waals surface area contributed by atoms with E-state index in [0.717, 1.165) is 23.1 Å². The highest BCUT2D eigenvalue weighted by Crippen LogP contribution is 2.29. The molecular weight excluding hydrogens is 186 g/mol. The molecule has 78 valence electrons. The van der Waals surface area contributed by atoms with Gasteiger partial charge in [-0.05, 0) is 23.3 Å². The third kappa shape index (κ3) is 1.84. The van der Waals surface area contributed by atoms with Crippen molar-refractivity contribution in [2.45, 2.75) is 27.2 Å². The minimum absolute atomic E-state index is 0.235. The first-order chi connectivity index (χ1) is 6.98. The number of Topliss-reactive ketones (excluding diaryl/α,β-unsaturated/α-hetero) is 1. The van der Waals surface area contributed by atoms with E-state index in [1.165, 1.54) is 0 Å². The number of pyridine rings is 1. The summed E-state index contributed by atoms with van der Waals surface area (Å²) in [5.74, 6) is 0.235. The van der Waals surface area contributed by atoms with E-state index >= 15 is 0 Å². The molecule has 2 nitrogen and oxygen atoms in total. The monoisotopic (exact) mass is 201 g/mol. The summed E-state index contributed by atoms with van der Waals surface area (Å²) in [7, 11) is 0. The van der Waals surface area contributed by atoms with Crippen LogP contribution >= 0.6 is 0 Å². The fraction of sp³-hybridized carbons (Fsp3) is 0.385. The molecule has 1 aromatic heterocycles. The summed E-state index contributed by atoms with van der Waals surface area (Å²) in [6.07, 6.45) is 6.33. The molecule has 0 bridgehead atoms. The number of aromatic nitrogens is 1. The number of rotatable bonds is 1. The fourth-order valence-corrected chi connectivity index (χ4v) is 1.80. The molecule has 0 N–H and O–H groups in total. The lowest BCUT2D eigenvalue weighted by Gasteiger charge is -2.16. The Morgan fingerprint density at radius 3 is 2.73 bits per heavy atom. The van der Waals surface area contributed by atoms with E-state index in [1.807, 2.05) is 39.1 Å². The second kappa shape index (κ2) is 3.30. The summed E-state index contributed by atoms with van der Waals surface area (Å²) in [6.45, 7) is 5.87. The van der Waals surface area contributed by atoms with Crippen LogP contribution in [0.25, 0.3) is 6.08 Å². The number of hydrogen-bond donors (Lipinski definition) is 0. The van der Waals surface area contributed by atoms with Crippen molar-refractivity contribution in [2.75, 3.05) is 0 Å². The lowest BCUT2D eigenvalue weighted by atomic mass is 9.86. The van der Waals surface area contributed by atoms with Gasteiger partial charge in [0, 0.05) is 29.8 Å². The van der Waals surface area contributed by atoms with Crippen LogP contribution in [0.2, 0.25) is 0 Å². The van der Waals surface area contributed by atoms with Crippen LogP contribution in [0.1, 0.15) is 31.9 Å². The molecule has 0 atom stereocenters. The number of carbonyl (C=O) groups excluding carboxylic acids is 1. The van der Waals surface area contributed by atoms with Crippen LogP contribution in [0.5, 0.6) is 0 Å². The molecule has 0 aromatic carbocycles. The van der Waals surface area contributed by atoms with Crippen molar-refractivity contribution in [2.24, 2.45) is 5.41 Å². The summed E-state index contributed by atoms with van der Waals surface area (Å²) < 4.78 is 0. The van der Waals surface area contributed by atoms with E-state index in [2.05, 4.69) is 4.98 Å². The van der Waals surface area contributed by atoms with Crippen LogP contribution in [0.15, 0.2) is 24.0 Å². The number of nitrogens with zero attached hydrogens (tertiary/aromatic N) is 1. The van der Waals surface area contributed by atoms with Gasteiger partial charge in [-0.1, -0.05) is 20.8 Å². The molecule has 2 rings (SSSR count). The van der Waals surface area contributed by atoms with Crippen molar-refractivity contribution in [1.29, 1.82) is 0 Å². The summed E-state index contributed by atoms with van der Waals surface area (Å²) in [5, 5.41) is 0. The highest BCUT2D eigenvalue weighted by atomic mass is 16.1. The van der Waals surface area contributed by atoms with E-state index in [1.54, 1.807) is 6.20 Å². The lowest BCUT2D eigenvalue weighted by molar-refractivity contribution is -0.122. The molecule has 1 aliphatic rings. The van der Waals surface area contributed by atoms with Gasteiger partial charge in [-0.3, -0.25) is 9.78 Å². The summed E-state index contributed by atoms with van der Waals surface area (Å²) >= 11 is 0. The van der Waals surface area contributed by atoms with Crippen molar-refractivity contribution in [3.8, 4) is 0 Å². The Balaban J connectivity index is 2.29. The van der Waals surface area contributed by atoms with Crippen molar-refractivity contribution < 1.29 is 4.79 Å². The van der Waals surface area contributed by atoms with E-state index in [4.69, 9.17) is 0 Å². The second-order valence-corrected chi connectivity index (χ2v) is 5.00.